The van der Waals surface area contributed by atoms with Gasteiger partial charge in [-0.1, -0.05) is 13.8 Å². The van der Waals surface area contributed by atoms with E-state index in [0.717, 1.165) is 18.1 Å². The van der Waals surface area contributed by atoms with Crippen molar-refractivity contribution >= 4 is 0 Å². The first kappa shape index (κ1) is 16.8. The first-order valence-electron chi connectivity index (χ1n) is 7.66. The number of rotatable bonds is 10. The number of aliphatic hydroxyl groups excluding tert-OH is 1. The lowest BCUT2D eigenvalue weighted by atomic mass is 10.2. The molecular weight excluding hydrogens is 282 g/mol. The fourth-order valence-electron chi connectivity index (χ4n) is 2.38. The molecule has 0 saturated carbocycles. The van der Waals surface area contributed by atoms with E-state index < -0.39 is 6.10 Å². The Hall–Kier alpha value is -1.56. The molecule has 0 spiro atoms. The third-order valence-electron chi connectivity index (χ3n) is 3.19. The molecule has 0 radical (unpaired) electrons. The van der Waals surface area contributed by atoms with Crippen molar-refractivity contribution in [3.05, 3.63) is 48.3 Å². The van der Waals surface area contributed by atoms with Crippen LogP contribution in [0.25, 0.3) is 0 Å². The molecule has 0 saturated heterocycles. The molecule has 0 aliphatic heterocycles. The largest absolute Gasteiger partial charge is 0.468 e. The van der Waals surface area contributed by atoms with Crippen LogP contribution >= 0.6 is 0 Å². The minimum absolute atomic E-state index is 0.285. The van der Waals surface area contributed by atoms with Crippen LogP contribution in [0.1, 0.15) is 25.4 Å². The Morgan fingerprint density at radius 2 is 1.77 bits per heavy atom. The predicted molar refractivity (Wildman–Crippen MR) is 83.2 cm³/mol. The second kappa shape index (κ2) is 8.78. The highest BCUT2D eigenvalue weighted by Gasteiger charge is 2.15. The summed E-state index contributed by atoms with van der Waals surface area (Å²) in [5.74, 6) is 2.19. The molecule has 2 heterocycles. The van der Waals surface area contributed by atoms with Gasteiger partial charge in [-0.2, -0.15) is 0 Å². The normalized spacial score (nSPS) is 13.1. The van der Waals surface area contributed by atoms with E-state index in [1.54, 1.807) is 12.5 Å². The first-order chi connectivity index (χ1) is 10.6. The average molecular weight is 307 g/mol. The van der Waals surface area contributed by atoms with Crippen LogP contribution in [0.5, 0.6) is 0 Å². The smallest absolute Gasteiger partial charge is 0.129 e. The molecule has 0 aliphatic carbocycles. The maximum absolute atomic E-state index is 10.2. The van der Waals surface area contributed by atoms with E-state index in [0.29, 0.717) is 25.6 Å². The number of hydrogen-bond acceptors (Lipinski definition) is 5. The van der Waals surface area contributed by atoms with Crippen LogP contribution in [0.4, 0.5) is 0 Å². The highest BCUT2D eigenvalue weighted by Crippen LogP contribution is 2.09. The predicted octanol–water partition coefficient (Wildman–Crippen LogP) is 2.91. The monoisotopic (exact) mass is 307 g/mol. The average Bonchev–Trinajstić information content (AvgIpc) is 3.11. The Morgan fingerprint density at radius 1 is 1.09 bits per heavy atom. The minimum atomic E-state index is -0.538. The maximum Gasteiger partial charge on any atom is 0.129 e. The first-order valence-corrected chi connectivity index (χ1v) is 7.66. The van der Waals surface area contributed by atoms with Gasteiger partial charge >= 0.3 is 0 Å². The fourth-order valence-corrected chi connectivity index (χ4v) is 2.38. The van der Waals surface area contributed by atoms with E-state index in [1.807, 2.05) is 24.3 Å². The van der Waals surface area contributed by atoms with E-state index in [1.165, 1.54) is 0 Å². The van der Waals surface area contributed by atoms with Gasteiger partial charge in [0.2, 0.25) is 0 Å². The van der Waals surface area contributed by atoms with Crippen LogP contribution in [0, 0.1) is 5.92 Å². The van der Waals surface area contributed by atoms with Crippen LogP contribution in [-0.2, 0) is 17.9 Å². The third kappa shape index (κ3) is 6.05. The Bertz CT molecular complexity index is 493. The summed E-state index contributed by atoms with van der Waals surface area (Å²) >= 11 is 0. The van der Waals surface area contributed by atoms with Gasteiger partial charge in [-0.05, 0) is 30.2 Å². The summed E-state index contributed by atoms with van der Waals surface area (Å²) in [7, 11) is 0. The SMILES string of the molecule is CC(C)CN(Cc1ccco1)C[C@H](O)COCc1ccco1. The van der Waals surface area contributed by atoms with Gasteiger partial charge in [0.05, 0.1) is 31.8 Å². The topological polar surface area (TPSA) is 59.0 Å². The van der Waals surface area contributed by atoms with Gasteiger partial charge in [0, 0.05) is 13.1 Å². The quantitative estimate of drug-likeness (QED) is 0.731. The molecule has 0 amide bonds. The van der Waals surface area contributed by atoms with Crippen molar-refractivity contribution in [3.8, 4) is 0 Å². The standard InChI is InChI=1S/C17H25NO4/c1-14(2)9-18(11-16-5-3-7-21-16)10-15(19)12-20-13-17-6-4-8-22-17/h3-8,14-15,19H,9-13H2,1-2H3/t15-/m0/s1. The van der Waals surface area contributed by atoms with Gasteiger partial charge in [-0.15, -0.1) is 0 Å². The lowest BCUT2D eigenvalue weighted by molar-refractivity contribution is 0.00133. The molecule has 122 valence electrons. The zero-order valence-corrected chi connectivity index (χ0v) is 13.3. The highest BCUT2D eigenvalue weighted by atomic mass is 16.5. The van der Waals surface area contributed by atoms with E-state index in [4.69, 9.17) is 13.6 Å². The molecule has 0 bridgehead atoms. The third-order valence-corrected chi connectivity index (χ3v) is 3.19. The van der Waals surface area contributed by atoms with Crippen LogP contribution in [0.3, 0.4) is 0 Å². The van der Waals surface area contributed by atoms with Crippen LogP contribution in [0.2, 0.25) is 0 Å². The van der Waals surface area contributed by atoms with Gasteiger partial charge in [0.25, 0.3) is 0 Å². The molecule has 0 aromatic carbocycles. The van der Waals surface area contributed by atoms with Gasteiger partial charge in [-0.25, -0.2) is 0 Å². The summed E-state index contributed by atoms with van der Waals surface area (Å²) < 4.78 is 16.1. The lowest BCUT2D eigenvalue weighted by Gasteiger charge is -2.25. The number of furan rings is 2. The fraction of sp³-hybridized carbons (Fsp3) is 0.529. The van der Waals surface area contributed by atoms with Crippen molar-refractivity contribution in [2.75, 3.05) is 19.7 Å². The number of aliphatic hydroxyl groups is 1. The molecule has 0 fully saturated rings. The second-order valence-corrected chi connectivity index (χ2v) is 5.92. The molecule has 1 atom stereocenters. The number of nitrogens with zero attached hydrogens (tertiary/aromatic N) is 1. The van der Waals surface area contributed by atoms with Crippen LogP contribution in [0.15, 0.2) is 45.6 Å². The van der Waals surface area contributed by atoms with Crippen molar-refractivity contribution in [1.29, 1.82) is 0 Å². The minimum Gasteiger partial charge on any atom is -0.468 e. The molecule has 22 heavy (non-hydrogen) atoms. The Balaban J connectivity index is 1.75. The summed E-state index contributed by atoms with van der Waals surface area (Å²) in [5, 5.41) is 10.2. The van der Waals surface area contributed by atoms with Crippen molar-refractivity contribution < 1.29 is 18.7 Å². The Labute approximate surface area is 131 Å². The Kier molecular flexibility index (Phi) is 6.71. The zero-order chi connectivity index (χ0) is 15.8. The lowest BCUT2D eigenvalue weighted by Crippen LogP contribution is -2.36. The van der Waals surface area contributed by atoms with E-state index in [9.17, 15) is 5.11 Å². The molecule has 2 aromatic heterocycles. The molecule has 5 heteroatoms. The maximum atomic E-state index is 10.2. The molecular formula is C17H25NO4. The Morgan fingerprint density at radius 3 is 2.36 bits per heavy atom. The second-order valence-electron chi connectivity index (χ2n) is 5.92. The van der Waals surface area contributed by atoms with Gasteiger partial charge in [0.15, 0.2) is 0 Å². The summed E-state index contributed by atoms with van der Waals surface area (Å²) in [6.07, 6.45) is 2.75. The zero-order valence-electron chi connectivity index (χ0n) is 13.3. The van der Waals surface area contributed by atoms with Crippen LogP contribution < -0.4 is 0 Å². The number of ether oxygens (including phenoxy) is 1. The number of hydrogen-bond donors (Lipinski definition) is 1. The van der Waals surface area contributed by atoms with E-state index in [-0.39, 0.29) is 6.61 Å². The summed E-state index contributed by atoms with van der Waals surface area (Å²) in [6, 6.07) is 7.51. The van der Waals surface area contributed by atoms with Gasteiger partial charge < -0.3 is 18.7 Å². The molecule has 0 unspecified atom stereocenters. The van der Waals surface area contributed by atoms with E-state index in [2.05, 4.69) is 18.7 Å². The molecule has 2 rings (SSSR count). The molecule has 1 N–H and O–H groups in total. The van der Waals surface area contributed by atoms with Crippen molar-refractivity contribution in [1.82, 2.24) is 4.90 Å². The summed E-state index contributed by atoms with van der Waals surface area (Å²) in [6.45, 7) is 7.14. The molecule has 0 aliphatic rings. The van der Waals surface area contributed by atoms with E-state index >= 15 is 0 Å². The van der Waals surface area contributed by atoms with Crippen LogP contribution in [-0.4, -0.2) is 35.8 Å². The van der Waals surface area contributed by atoms with Gasteiger partial charge in [-0.3, -0.25) is 4.90 Å². The summed E-state index contributed by atoms with van der Waals surface area (Å²) in [4.78, 5) is 2.18. The summed E-state index contributed by atoms with van der Waals surface area (Å²) in [5.41, 5.74) is 0. The highest BCUT2D eigenvalue weighted by molar-refractivity contribution is 4.98. The van der Waals surface area contributed by atoms with Gasteiger partial charge in [0.1, 0.15) is 18.1 Å². The van der Waals surface area contributed by atoms with Crippen molar-refractivity contribution in [2.45, 2.75) is 33.1 Å². The molecule has 5 nitrogen and oxygen atoms in total. The van der Waals surface area contributed by atoms with Crippen molar-refractivity contribution in [2.24, 2.45) is 5.92 Å². The van der Waals surface area contributed by atoms with Crippen molar-refractivity contribution in [3.63, 3.8) is 0 Å². The molecule has 2 aromatic rings.